The molecule has 0 fully saturated rings. The molecule has 0 aromatic heterocycles. The van der Waals surface area contributed by atoms with Crippen molar-refractivity contribution in [3.8, 4) is 0 Å². The molecule has 0 aliphatic heterocycles. The SMILES string of the molecule is CC(=O)c1cccc(NC(=O)NC(C)(C)C)c1. The normalized spacial score (nSPS) is 10.8. The zero-order valence-corrected chi connectivity index (χ0v) is 10.6. The number of ketones is 1. The van der Waals surface area contributed by atoms with E-state index in [0.717, 1.165) is 0 Å². The van der Waals surface area contributed by atoms with E-state index in [1.54, 1.807) is 24.3 Å². The first-order valence-corrected chi connectivity index (χ1v) is 5.48. The molecule has 0 atom stereocenters. The van der Waals surface area contributed by atoms with Crippen molar-refractivity contribution in [3.05, 3.63) is 29.8 Å². The van der Waals surface area contributed by atoms with Gasteiger partial charge in [-0.2, -0.15) is 0 Å². The number of benzene rings is 1. The molecule has 4 heteroatoms. The molecule has 0 radical (unpaired) electrons. The van der Waals surface area contributed by atoms with Gasteiger partial charge in [0.25, 0.3) is 0 Å². The monoisotopic (exact) mass is 234 g/mol. The summed E-state index contributed by atoms with van der Waals surface area (Å²) in [7, 11) is 0. The Morgan fingerprint density at radius 1 is 1.18 bits per heavy atom. The predicted molar refractivity (Wildman–Crippen MR) is 68.4 cm³/mol. The standard InChI is InChI=1S/C13H18N2O2/c1-9(16)10-6-5-7-11(8-10)14-12(17)15-13(2,3)4/h5-8H,1-4H3,(H2,14,15,17). The van der Waals surface area contributed by atoms with Gasteiger partial charge in [0.2, 0.25) is 0 Å². The summed E-state index contributed by atoms with van der Waals surface area (Å²) < 4.78 is 0. The van der Waals surface area contributed by atoms with Crippen molar-refractivity contribution < 1.29 is 9.59 Å². The molecule has 4 nitrogen and oxygen atoms in total. The quantitative estimate of drug-likeness (QED) is 0.773. The summed E-state index contributed by atoms with van der Waals surface area (Å²) in [5, 5.41) is 5.47. The van der Waals surface area contributed by atoms with Crippen molar-refractivity contribution in [3.63, 3.8) is 0 Å². The highest BCUT2D eigenvalue weighted by molar-refractivity contribution is 5.96. The average Bonchev–Trinajstić information content (AvgIpc) is 2.14. The summed E-state index contributed by atoms with van der Waals surface area (Å²) >= 11 is 0. The van der Waals surface area contributed by atoms with Crippen molar-refractivity contribution in [2.75, 3.05) is 5.32 Å². The van der Waals surface area contributed by atoms with Crippen LogP contribution in [-0.2, 0) is 0 Å². The number of Topliss-reactive ketones (excluding diaryl/α,β-unsaturated/α-hetero) is 1. The van der Waals surface area contributed by atoms with E-state index in [0.29, 0.717) is 11.3 Å². The van der Waals surface area contributed by atoms with Crippen LogP contribution in [0.5, 0.6) is 0 Å². The van der Waals surface area contributed by atoms with Crippen LogP contribution in [0.1, 0.15) is 38.1 Å². The Labute approximate surface area is 101 Å². The lowest BCUT2D eigenvalue weighted by atomic mass is 10.1. The molecular formula is C13H18N2O2. The number of anilines is 1. The third-order valence-electron chi connectivity index (χ3n) is 2.02. The van der Waals surface area contributed by atoms with Gasteiger partial charge in [-0.3, -0.25) is 4.79 Å². The fourth-order valence-corrected chi connectivity index (χ4v) is 1.32. The molecule has 1 aromatic carbocycles. The number of urea groups is 1. The van der Waals surface area contributed by atoms with E-state index in [1.165, 1.54) is 6.92 Å². The number of carbonyl (C=O) groups excluding carboxylic acids is 2. The lowest BCUT2D eigenvalue weighted by molar-refractivity contribution is 0.101. The van der Waals surface area contributed by atoms with E-state index in [1.807, 2.05) is 20.8 Å². The molecule has 0 aliphatic rings. The Bertz CT molecular complexity index is 433. The van der Waals surface area contributed by atoms with Crippen molar-refractivity contribution in [2.24, 2.45) is 0 Å². The van der Waals surface area contributed by atoms with Crippen molar-refractivity contribution in [1.29, 1.82) is 0 Å². The predicted octanol–water partition coefficient (Wildman–Crippen LogP) is 2.81. The third-order valence-corrected chi connectivity index (χ3v) is 2.02. The van der Waals surface area contributed by atoms with Gasteiger partial charge in [0.15, 0.2) is 5.78 Å². The van der Waals surface area contributed by atoms with E-state index in [2.05, 4.69) is 10.6 Å². The Morgan fingerprint density at radius 3 is 2.35 bits per heavy atom. The number of nitrogens with one attached hydrogen (secondary N) is 2. The molecule has 0 aliphatic carbocycles. The molecular weight excluding hydrogens is 216 g/mol. The molecule has 1 aromatic rings. The Morgan fingerprint density at radius 2 is 1.82 bits per heavy atom. The van der Waals surface area contributed by atoms with Gasteiger partial charge in [0.05, 0.1) is 0 Å². The zero-order chi connectivity index (χ0) is 13.1. The van der Waals surface area contributed by atoms with Crippen LogP contribution in [0.25, 0.3) is 0 Å². The van der Waals surface area contributed by atoms with Gasteiger partial charge >= 0.3 is 6.03 Å². The Balaban J connectivity index is 2.72. The van der Waals surface area contributed by atoms with Crippen molar-refractivity contribution in [2.45, 2.75) is 33.2 Å². The zero-order valence-electron chi connectivity index (χ0n) is 10.6. The lowest BCUT2D eigenvalue weighted by Crippen LogP contribution is -2.43. The van der Waals surface area contributed by atoms with Crippen LogP contribution in [0, 0.1) is 0 Å². The van der Waals surface area contributed by atoms with Crippen LogP contribution in [0.3, 0.4) is 0 Å². The maximum atomic E-state index is 11.6. The number of carbonyl (C=O) groups is 2. The summed E-state index contributed by atoms with van der Waals surface area (Å²) in [4.78, 5) is 22.8. The third kappa shape index (κ3) is 4.68. The Kier molecular flexibility index (Phi) is 3.89. The second kappa shape index (κ2) is 4.99. The number of hydrogen-bond donors (Lipinski definition) is 2. The summed E-state index contributed by atoms with van der Waals surface area (Å²) in [6, 6.07) is 6.58. The molecule has 0 saturated heterocycles. The first-order valence-electron chi connectivity index (χ1n) is 5.48. The largest absolute Gasteiger partial charge is 0.333 e. The van der Waals surface area contributed by atoms with Crippen molar-refractivity contribution in [1.82, 2.24) is 5.32 Å². The second-order valence-corrected chi connectivity index (χ2v) is 4.97. The highest BCUT2D eigenvalue weighted by Crippen LogP contribution is 2.11. The van der Waals surface area contributed by atoms with E-state index in [-0.39, 0.29) is 17.4 Å². The molecule has 2 amide bonds. The molecule has 0 unspecified atom stereocenters. The molecule has 92 valence electrons. The smallest absolute Gasteiger partial charge is 0.319 e. The van der Waals surface area contributed by atoms with E-state index in [4.69, 9.17) is 0 Å². The van der Waals surface area contributed by atoms with Gasteiger partial charge < -0.3 is 10.6 Å². The molecule has 0 spiro atoms. The molecule has 2 N–H and O–H groups in total. The van der Waals surface area contributed by atoms with Gasteiger partial charge in [0.1, 0.15) is 0 Å². The topological polar surface area (TPSA) is 58.2 Å². The summed E-state index contributed by atoms with van der Waals surface area (Å²) in [6.45, 7) is 7.20. The summed E-state index contributed by atoms with van der Waals surface area (Å²) in [5.74, 6) is -0.0233. The number of rotatable bonds is 2. The second-order valence-electron chi connectivity index (χ2n) is 4.97. The van der Waals surface area contributed by atoms with E-state index in [9.17, 15) is 9.59 Å². The maximum absolute atomic E-state index is 11.6. The average molecular weight is 234 g/mol. The molecule has 1 rings (SSSR count). The minimum atomic E-state index is -0.289. The lowest BCUT2D eigenvalue weighted by Gasteiger charge is -2.20. The van der Waals surface area contributed by atoms with Crippen LogP contribution >= 0.6 is 0 Å². The number of amides is 2. The van der Waals surface area contributed by atoms with Crippen LogP contribution < -0.4 is 10.6 Å². The van der Waals surface area contributed by atoms with Gasteiger partial charge in [-0.15, -0.1) is 0 Å². The van der Waals surface area contributed by atoms with Crippen LogP contribution in [0.4, 0.5) is 10.5 Å². The minimum Gasteiger partial charge on any atom is -0.333 e. The van der Waals surface area contributed by atoms with Crippen LogP contribution in [0.15, 0.2) is 24.3 Å². The molecule has 0 bridgehead atoms. The first kappa shape index (κ1) is 13.2. The summed E-state index contributed by atoms with van der Waals surface area (Å²) in [5.41, 5.74) is 0.903. The van der Waals surface area contributed by atoms with Gasteiger partial charge in [-0.05, 0) is 39.8 Å². The van der Waals surface area contributed by atoms with Crippen LogP contribution in [0.2, 0.25) is 0 Å². The summed E-state index contributed by atoms with van der Waals surface area (Å²) in [6.07, 6.45) is 0. The molecule has 17 heavy (non-hydrogen) atoms. The fourth-order valence-electron chi connectivity index (χ4n) is 1.32. The number of hydrogen-bond acceptors (Lipinski definition) is 2. The Hall–Kier alpha value is -1.84. The van der Waals surface area contributed by atoms with Crippen LogP contribution in [-0.4, -0.2) is 17.4 Å². The highest BCUT2D eigenvalue weighted by atomic mass is 16.2. The van der Waals surface area contributed by atoms with Gasteiger partial charge in [0, 0.05) is 16.8 Å². The van der Waals surface area contributed by atoms with Gasteiger partial charge in [-0.25, -0.2) is 4.79 Å². The maximum Gasteiger partial charge on any atom is 0.319 e. The van der Waals surface area contributed by atoms with E-state index >= 15 is 0 Å². The first-order chi connectivity index (χ1) is 7.78. The van der Waals surface area contributed by atoms with Crippen molar-refractivity contribution >= 4 is 17.5 Å². The van der Waals surface area contributed by atoms with Gasteiger partial charge in [-0.1, -0.05) is 12.1 Å². The molecule has 0 heterocycles. The highest BCUT2D eigenvalue weighted by Gasteiger charge is 2.13. The minimum absolute atomic E-state index is 0.0233. The fraction of sp³-hybridized carbons (Fsp3) is 0.385. The van der Waals surface area contributed by atoms with E-state index < -0.39 is 0 Å². The molecule has 0 saturated carbocycles.